The summed E-state index contributed by atoms with van der Waals surface area (Å²) in [5, 5.41) is 11.4. The minimum absolute atomic E-state index is 0.115. The molecule has 6 nitrogen and oxygen atoms in total. The van der Waals surface area contributed by atoms with Crippen LogP contribution in [0.3, 0.4) is 0 Å². The largest absolute Gasteiger partial charge is 0.467 e. The van der Waals surface area contributed by atoms with Crippen molar-refractivity contribution in [3.63, 3.8) is 0 Å². The topological polar surface area (TPSA) is 72.1 Å². The van der Waals surface area contributed by atoms with Gasteiger partial charge in [-0.2, -0.15) is 5.10 Å². The Morgan fingerprint density at radius 3 is 2.60 bits per heavy atom. The van der Waals surface area contributed by atoms with Crippen LogP contribution in [0.4, 0.5) is 5.82 Å². The molecule has 4 rings (SSSR count). The van der Waals surface area contributed by atoms with E-state index in [9.17, 15) is 4.79 Å². The number of hydrogen-bond donors (Lipinski definition) is 2. The monoisotopic (exact) mass is 406 g/mol. The second-order valence-electron chi connectivity index (χ2n) is 8.66. The Hall–Kier alpha value is -3.02. The number of furan rings is 1. The lowest BCUT2D eigenvalue weighted by Crippen LogP contribution is -2.45. The minimum atomic E-state index is -0.543. The van der Waals surface area contributed by atoms with Crippen molar-refractivity contribution in [3.05, 3.63) is 71.8 Å². The van der Waals surface area contributed by atoms with E-state index in [1.54, 1.807) is 12.5 Å². The van der Waals surface area contributed by atoms with E-state index in [0.717, 1.165) is 30.8 Å². The van der Waals surface area contributed by atoms with E-state index in [0.29, 0.717) is 5.56 Å². The summed E-state index contributed by atoms with van der Waals surface area (Å²) in [5.41, 5.74) is 1.00. The maximum atomic E-state index is 13.4. The number of nitrogens with zero attached hydrogens (tertiary/aromatic N) is 2. The highest BCUT2D eigenvalue weighted by atomic mass is 16.3. The first-order valence-electron chi connectivity index (χ1n) is 10.7. The average molecular weight is 407 g/mol. The highest BCUT2D eigenvalue weighted by Crippen LogP contribution is 2.40. The molecule has 0 bridgehead atoms. The normalized spacial score (nSPS) is 17.8. The van der Waals surface area contributed by atoms with Gasteiger partial charge in [0.25, 0.3) is 5.91 Å². The SMILES string of the molecule is CCC(CC)(NC(=O)c1cnn2c1NC(c1ccccc1)CC2(C)C)c1ccco1. The lowest BCUT2D eigenvalue weighted by molar-refractivity contribution is 0.0873. The van der Waals surface area contributed by atoms with Crippen LogP contribution in [0.5, 0.6) is 0 Å². The second kappa shape index (κ2) is 7.67. The van der Waals surface area contributed by atoms with E-state index >= 15 is 0 Å². The quantitative estimate of drug-likeness (QED) is 0.589. The van der Waals surface area contributed by atoms with Crippen LogP contribution in [-0.4, -0.2) is 15.7 Å². The Balaban J connectivity index is 1.67. The van der Waals surface area contributed by atoms with E-state index in [2.05, 4.69) is 55.6 Å². The third-order valence-corrected chi connectivity index (χ3v) is 6.36. The smallest absolute Gasteiger partial charge is 0.257 e. The van der Waals surface area contributed by atoms with Crippen LogP contribution in [0, 0.1) is 0 Å². The van der Waals surface area contributed by atoms with Crippen molar-refractivity contribution in [2.24, 2.45) is 0 Å². The summed E-state index contributed by atoms with van der Waals surface area (Å²) < 4.78 is 7.61. The van der Waals surface area contributed by atoms with E-state index in [1.165, 1.54) is 5.56 Å². The molecule has 3 aromatic rings. The predicted molar refractivity (Wildman–Crippen MR) is 117 cm³/mol. The van der Waals surface area contributed by atoms with Crippen LogP contribution in [-0.2, 0) is 11.1 Å². The van der Waals surface area contributed by atoms with Crippen LogP contribution >= 0.6 is 0 Å². The number of fused-ring (bicyclic) bond motifs is 1. The van der Waals surface area contributed by atoms with Crippen LogP contribution in [0.2, 0.25) is 0 Å². The third kappa shape index (κ3) is 3.40. The van der Waals surface area contributed by atoms with Gasteiger partial charge in [0.05, 0.1) is 29.6 Å². The van der Waals surface area contributed by atoms with Crippen molar-refractivity contribution >= 4 is 11.7 Å². The molecule has 3 heterocycles. The molecule has 0 spiro atoms. The summed E-state index contributed by atoms with van der Waals surface area (Å²) in [6, 6.07) is 14.2. The van der Waals surface area contributed by atoms with E-state index in [-0.39, 0.29) is 17.5 Å². The lowest BCUT2D eigenvalue weighted by Gasteiger charge is -2.38. The molecule has 30 heavy (non-hydrogen) atoms. The molecule has 1 atom stereocenters. The molecular formula is C24H30N4O2. The Kier molecular flexibility index (Phi) is 5.18. The van der Waals surface area contributed by atoms with Gasteiger partial charge in [-0.3, -0.25) is 4.79 Å². The van der Waals surface area contributed by atoms with Crippen molar-refractivity contribution in [2.45, 2.75) is 64.1 Å². The summed E-state index contributed by atoms with van der Waals surface area (Å²) >= 11 is 0. The summed E-state index contributed by atoms with van der Waals surface area (Å²) in [6.07, 6.45) is 5.67. The highest BCUT2D eigenvalue weighted by Gasteiger charge is 2.39. The molecule has 1 amide bonds. The van der Waals surface area contributed by atoms with Crippen molar-refractivity contribution in [2.75, 3.05) is 5.32 Å². The van der Waals surface area contributed by atoms with Crippen molar-refractivity contribution in [3.8, 4) is 0 Å². The summed E-state index contributed by atoms with van der Waals surface area (Å²) in [4.78, 5) is 13.4. The second-order valence-corrected chi connectivity index (χ2v) is 8.66. The van der Waals surface area contributed by atoms with Gasteiger partial charge in [0.1, 0.15) is 17.1 Å². The summed E-state index contributed by atoms with van der Waals surface area (Å²) in [6.45, 7) is 8.44. The number of hydrogen-bond acceptors (Lipinski definition) is 4. The Morgan fingerprint density at radius 1 is 1.23 bits per heavy atom. The maximum absolute atomic E-state index is 13.4. The molecule has 0 fully saturated rings. The fourth-order valence-corrected chi connectivity index (χ4v) is 4.47. The van der Waals surface area contributed by atoms with Crippen molar-refractivity contribution in [1.29, 1.82) is 0 Å². The predicted octanol–water partition coefficient (Wildman–Crippen LogP) is 5.21. The number of carbonyl (C=O) groups excluding carboxylic acids is 1. The number of anilines is 1. The zero-order valence-corrected chi connectivity index (χ0v) is 18.1. The number of carbonyl (C=O) groups is 1. The van der Waals surface area contributed by atoms with E-state index in [4.69, 9.17) is 4.42 Å². The van der Waals surface area contributed by atoms with Gasteiger partial charge >= 0.3 is 0 Å². The van der Waals surface area contributed by atoms with E-state index < -0.39 is 5.54 Å². The number of nitrogens with one attached hydrogen (secondary N) is 2. The molecule has 2 aromatic heterocycles. The molecule has 6 heteroatoms. The molecule has 158 valence electrons. The number of benzene rings is 1. The van der Waals surface area contributed by atoms with Crippen LogP contribution in [0.15, 0.2) is 59.3 Å². The van der Waals surface area contributed by atoms with E-state index in [1.807, 2.05) is 35.0 Å². The number of aromatic nitrogens is 2. The molecule has 0 aliphatic carbocycles. The Labute approximate surface area is 177 Å². The fraction of sp³-hybridized carbons (Fsp3) is 0.417. The zero-order valence-electron chi connectivity index (χ0n) is 18.1. The van der Waals surface area contributed by atoms with Crippen LogP contribution < -0.4 is 10.6 Å². The molecule has 0 saturated heterocycles. The molecule has 1 aliphatic heterocycles. The molecule has 1 aromatic carbocycles. The summed E-state index contributed by atoms with van der Waals surface area (Å²) in [5.74, 6) is 1.39. The minimum Gasteiger partial charge on any atom is -0.467 e. The standard InChI is InChI=1S/C24H30N4O2/c1-5-24(6-2,20-13-10-14-30-20)27-22(29)18-16-25-28-21(18)26-19(15-23(28,3)4)17-11-8-7-9-12-17/h7-14,16,19,26H,5-6,15H2,1-4H3,(H,27,29). The molecule has 0 radical (unpaired) electrons. The maximum Gasteiger partial charge on any atom is 0.257 e. The summed E-state index contributed by atoms with van der Waals surface area (Å²) in [7, 11) is 0. The highest BCUT2D eigenvalue weighted by molar-refractivity contribution is 5.99. The van der Waals surface area contributed by atoms with Gasteiger partial charge < -0.3 is 15.1 Å². The Bertz CT molecular complexity index is 1000. The van der Waals surface area contributed by atoms with Gasteiger partial charge in [-0.15, -0.1) is 0 Å². The lowest BCUT2D eigenvalue weighted by atomic mass is 9.88. The third-order valence-electron chi connectivity index (χ3n) is 6.36. The molecular weight excluding hydrogens is 376 g/mol. The van der Waals surface area contributed by atoms with Gasteiger partial charge in [0.15, 0.2) is 0 Å². The molecule has 0 saturated carbocycles. The first kappa shape index (κ1) is 20.3. The van der Waals surface area contributed by atoms with Gasteiger partial charge in [-0.05, 0) is 50.8 Å². The van der Waals surface area contributed by atoms with Gasteiger partial charge in [0, 0.05) is 0 Å². The fourth-order valence-electron chi connectivity index (χ4n) is 4.47. The van der Waals surface area contributed by atoms with Gasteiger partial charge in [-0.1, -0.05) is 44.2 Å². The molecule has 2 N–H and O–H groups in total. The number of amides is 1. The number of rotatable bonds is 6. The first-order chi connectivity index (χ1) is 14.4. The van der Waals surface area contributed by atoms with Gasteiger partial charge in [-0.25, -0.2) is 4.68 Å². The van der Waals surface area contributed by atoms with Crippen LogP contribution in [0.25, 0.3) is 0 Å². The van der Waals surface area contributed by atoms with Gasteiger partial charge in [0.2, 0.25) is 0 Å². The molecule has 1 unspecified atom stereocenters. The first-order valence-corrected chi connectivity index (χ1v) is 10.7. The van der Waals surface area contributed by atoms with Crippen molar-refractivity contribution < 1.29 is 9.21 Å². The average Bonchev–Trinajstić information content (AvgIpc) is 3.43. The van der Waals surface area contributed by atoms with Crippen molar-refractivity contribution in [1.82, 2.24) is 15.1 Å². The molecule has 1 aliphatic rings. The Morgan fingerprint density at radius 2 is 1.97 bits per heavy atom. The zero-order chi connectivity index (χ0) is 21.4. The van der Waals surface area contributed by atoms with Crippen LogP contribution in [0.1, 0.15) is 74.7 Å².